The van der Waals surface area contributed by atoms with Crippen molar-refractivity contribution in [2.24, 2.45) is 0 Å². The molecule has 1 atom stereocenters. The molecule has 2 saturated heterocycles. The highest BCUT2D eigenvalue weighted by Crippen LogP contribution is 2.14. The lowest BCUT2D eigenvalue weighted by Gasteiger charge is -2.51. The fourth-order valence-electron chi connectivity index (χ4n) is 1.47. The van der Waals surface area contributed by atoms with Crippen molar-refractivity contribution in [2.75, 3.05) is 33.0 Å². The molecule has 0 amide bonds. The second-order valence-corrected chi connectivity index (χ2v) is 3.18. The van der Waals surface area contributed by atoms with Gasteiger partial charge in [0, 0.05) is 0 Å². The van der Waals surface area contributed by atoms with Crippen molar-refractivity contribution in [3.8, 4) is 0 Å². The van der Waals surface area contributed by atoms with Gasteiger partial charge in [0.05, 0.1) is 13.2 Å². The van der Waals surface area contributed by atoms with E-state index in [1.165, 1.54) is 4.90 Å². The maximum Gasteiger partial charge on any atom is 0.145 e. The Morgan fingerprint density at radius 2 is 1.90 bits per heavy atom. The van der Waals surface area contributed by atoms with Crippen LogP contribution in [-0.2, 0) is 9.47 Å². The van der Waals surface area contributed by atoms with Crippen LogP contribution in [0.1, 0.15) is 0 Å². The first-order chi connectivity index (χ1) is 4.83. The highest BCUT2D eigenvalue weighted by molar-refractivity contribution is 4.87. The first-order valence-corrected chi connectivity index (χ1v) is 3.67. The molecule has 2 aliphatic rings. The molecular weight excluding hydrogens is 130 g/mol. The van der Waals surface area contributed by atoms with Crippen LogP contribution in [0.25, 0.3) is 0 Å². The molecular formula is C7H13NO2. The van der Waals surface area contributed by atoms with E-state index in [0.717, 1.165) is 33.0 Å². The van der Waals surface area contributed by atoms with Crippen LogP contribution in [0.2, 0.25) is 0 Å². The number of ether oxygens (including phenoxy) is 2. The molecule has 10 heavy (non-hydrogen) atoms. The monoisotopic (exact) mass is 143 g/mol. The van der Waals surface area contributed by atoms with Gasteiger partial charge in [0.15, 0.2) is 0 Å². The molecule has 0 aromatic carbocycles. The fraction of sp³-hybridized carbons (Fsp3) is 0.857. The number of hydrogen-bond donors (Lipinski definition) is 1. The molecule has 0 bridgehead atoms. The molecule has 2 fully saturated rings. The Morgan fingerprint density at radius 1 is 1.20 bits per heavy atom. The van der Waals surface area contributed by atoms with Gasteiger partial charge in [-0.2, -0.15) is 0 Å². The summed E-state index contributed by atoms with van der Waals surface area (Å²) >= 11 is 0. The van der Waals surface area contributed by atoms with E-state index in [2.05, 4.69) is 7.05 Å². The van der Waals surface area contributed by atoms with Gasteiger partial charge in [-0.15, -0.1) is 7.05 Å². The van der Waals surface area contributed by atoms with Gasteiger partial charge in [-0.1, -0.05) is 0 Å². The van der Waals surface area contributed by atoms with E-state index >= 15 is 0 Å². The SMILES string of the molecule is [CH2-][NH+]1CCOCC12COC2. The number of morpholine rings is 1. The topological polar surface area (TPSA) is 22.9 Å². The smallest absolute Gasteiger partial charge is 0.145 e. The van der Waals surface area contributed by atoms with E-state index in [4.69, 9.17) is 9.47 Å². The van der Waals surface area contributed by atoms with E-state index in [-0.39, 0.29) is 5.54 Å². The van der Waals surface area contributed by atoms with Crippen LogP contribution in [0.15, 0.2) is 0 Å². The van der Waals surface area contributed by atoms with Gasteiger partial charge in [-0.3, -0.25) is 0 Å². The molecule has 2 rings (SSSR count). The molecule has 0 aromatic rings. The van der Waals surface area contributed by atoms with Gasteiger partial charge < -0.3 is 14.4 Å². The number of hydrogen-bond acceptors (Lipinski definition) is 2. The quantitative estimate of drug-likeness (QED) is 0.415. The highest BCUT2D eigenvalue weighted by Gasteiger charge is 2.45. The summed E-state index contributed by atoms with van der Waals surface area (Å²) in [5, 5.41) is 0. The molecule has 2 heterocycles. The van der Waals surface area contributed by atoms with Gasteiger partial charge in [-0.25, -0.2) is 0 Å². The standard InChI is InChI=1S/C7H13NO2/c1-8-2-3-9-4-7(8)5-10-6-7/h8H,1-6H2. The summed E-state index contributed by atoms with van der Waals surface area (Å²) in [7, 11) is 4.03. The lowest BCUT2D eigenvalue weighted by molar-refractivity contribution is -0.932. The number of nitrogens with one attached hydrogen (secondary N) is 1. The third-order valence-corrected chi connectivity index (χ3v) is 2.43. The summed E-state index contributed by atoms with van der Waals surface area (Å²) in [4.78, 5) is 1.32. The molecule has 2 aliphatic heterocycles. The van der Waals surface area contributed by atoms with Crippen molar-refractivity contribution in [2.45, 2.75) is 5.54 Å². The van der Waals surface area contributed by atoms with Gasteiger partial charge >= 0.3 is 0 Å². The molecule has 3 heteroatoms. The minimum Gasteiger partial charge on any atom is -0.455 e. The zero-order chi connectivity index (χ0) is 7.03. The molecule has 0 radical (unpaired) electrons. The minimum atomic E-state index is 0.220. The summed E-state index contributed by atoms with van der Waals surface area (Å²) in [5.74, 6) is 0. The maximum absolute atomic E-state index is 5.36. The molecule has 0 aliphatic carbocycles. The minimum absolute atomic E-state index is 0.220. The van der Waals surface area contributed by atoms with Crippen LogP contribution >= 0.6 is 0 Å². The second-order valence-electron chi connectivity index (χ2n) is 3.18. The Kier molecular flexibility index (Phi) is 1.44. The lowest BCUT2D eigenvalue weighted by atomic mass is 9.96. The van der Waals surface area contributed by atoms with Crippen LogP contribution in [0, 0.1) is 7.05 Å². The molecule has 1 N–H and O–H groups in total. The van der Waals surface area contributed by atoms with Crippen molar-refractivity contribution >= 4 is 0 Å². The van der Waals surface area contributed by atoms with Gasteiger partial charge in [0.25, 0.3) is 0 Å². The zero-order valence-corrected chi connectivity index (χ0v) is 6.06. The van der Waals surface area contributed by atoms with E-state index in [9.17, 15) is 0 Å². The average Bonchev–Trinajstić information content (AvgIpc) is 1.85. The highest BCUT2D eigenvalue weighted by atomic mass is 16.5. The molecule has 1 spiro atoms. The van der Waals surface area contributed by atoms with E-state index in [0.29, 0.717) is 0 Å². The van der Waals surface area contributed by atoms with Crippen molar-refractivity contribution in [3.05, 3.63) is 7.05 Å². The Hall–Kier alpha value is -0.120. The average molecular weight is 143 g/mol. The fourth-order valence-corrected chi connectivity index (χ4v) is 1.47. The summed E-state index contributed by atoms with van der Waals surface area (Å²) in [6.45, 7) is 4.34. The summed E-state index contributed by atoms with van der Waals surface area (Å²) in [6.07, 6.45) is 0. The molecule has 58 valence electrons. The van der Waals surface area contributed by atoms with Gasteiger partial charge in [0.1, 0.15) is 25.4 Å². The largest absolute Gasteiger partial charge is 0.455 e. The molecule has 3 nitrogen and oxygen atoms in total. The Morgan fingerprint density at radius 3 is 2.30 bits per heavy atom. The Bertz CT molecular complexity index is 134. The van der Waals surface area contributed by atoms with Crippen molar-refractivity contribution < 1.29 is 14.4 Å². The first-order valence-electron chi connectivity index (χ1n) is 3.67. The molecule has 1 unspecified atom stereocenters. The third kappa shape index (κ3) is 0.779. The number of rotatable bonds is 0. The number of quaternary nitrogens is 1. The van der Waals surface area contributed by atoms with Gasteiger partial charge in [-0.05, 0) is 0 Å². The predicted molar refractivity (Wildman–Crippen MR) is 35.6 cm³/mol. The van der Waals surface area contributed by atoms with E-state index in [1.54, 1.807) is 0 Å². The Balaban J connectivity index is 2.03. The van der Waals surface area contributed by atoms with E-state index < -0.39 is 0 Å². The van der Waals surface area contributed by atoms with E-state index in [1.807, 2.05) is 0 Å². The first kappa shape index (κ1) is 6.58. The second kappa shape index (κ2) is 2.19. The lowest BCUT2D eigenvalue weighted by Crippen LogP contribution is -3.21. The van der Waals surface area contributed by atoms with Crippen molar-refractivity contribution in [1.29, 1.82) is 0 Å². The van der Waals surface area contributed by atoms with Gasteiger partial charge in [0.2, 0.25) is 0 Å². The summed E-state index contributed by atoms with van der Waals surface area (Å²) < 4.78 is 10.5. The van der Waals surface area contributed by atoms with Crippen LogP contribution < -0.4 is 4.90 Å². The van der Waals surface area contributed by atoms with Crippen LogP contribution in [0.4, 0.5) is 0 Å². The summed E-state index contributed by atoms with van der Waals surface area (Å²) in [6, 6.07) is 0. The Labute approximate surface area is 60.9 Å². The van der Waals surface area contributed by atoms with Crippen molar-refractivity contribution in [1.82, 2.24) is 0 Å². The third-order valence-electron chi connectivity index (χ3n) is 2.43. The summed E-state index contributed by atoms with van der Waals surface area (Å²) in [5.41, 5.74) is 0.220. The van der Waals surface area contributed by atoms with Crippen LogP contribution in [0.3, 0.4) is 0 Å². The normalized spacial score (nSPS) is 37.5. The maximum atomic E-state index is 5.36. The molecule has 0 saturated carbocycles. The van der Waals surface area contributed by atoms with Crippen LogP contribution in [0.5, 0.6) is 0 Å². The zero-order valence-electron chi connectivity index (χ0n) is 6.06. The van der Waals surface area contributed by atoms with Crippen LogP contribution in [-0.4, -0.2) is 38.5 Å². The molecule has 0 aromatic heterocycles. The van der Waals surface area contributed by atoms with Crippen molar-refractivity contribution in [3.63, 3.8) is 0 Å². The predicted octanol–water partition coefficient (Wildman–Crippen LogP) is -1.54.